The molecule has 1 N–H and O–H groups in total. The maximum atomic E-state index is 5.47. The van der Waals surface area contributed by atoms with Crippen molar-refractivity contribution in [2.24, 2.45) is 0 Å². The van der Waals surface area contributed by atoms with Gasteiger partial charge in [0.2, 0.25) is 0 Å². The Labute approximate surface area is 135 Å². The van der Waals surface area contributed by atoms with Crippen LogP contribution >= 0.6 is 15.9 Å². The zero-order valence-corrected chi connectivity index (χ0v) is 14.6. The molecule has 2 aromatic carbocycles. The third kappa shape index (κ3) is 3.66. The molecule has 2 rings (SSSR count). The van der Waals surface area contributed by atoms with Crippen molar-refractivity contribution in [2.45, 2.75) is 26.8 Å². The Morgan fingerprint density at radius 3 is 2.29 bits per heavy atom. The lowest BCUT2D eigenvalue weighted by Crippen LogP contribution is -2.22. The first kappa shape index (κ1) is 16.1. The normalized spacial score (nSPS) is 12.2. The molecule has 0 saturated carbocycles. The molecule has 3 heteroatoms. The molecule has 2 aromatic rings. The molecular formula is C18H22BrNO. The molecule has 21 heavy (non-hydrogen) atoms. The predicted octanol–water partition coefficient (Wildman–Crippen LogP) is 4.77. The Bertz CT molecular complexity index is 601. The van der Waals surface area contributed by atoms with Gasteiger partial charge in [0.25, 0.3) is 0 Å². The summed E-state index contributed by atoms with van der Waals surface area (Å²) in [5.74, 6) is 0.975. The Hall–Kier alpha value is -1.32. The minimum Gasteiger partial charge on any atom is -0.496 e. The van der Waals surface area contributed by atoms with Crippen LogP contribution in [-0.4, -0.2) is 13.7 Å². The van der Waals surface area contributed by atoms with Gasteiger partial charge in [0.15, 0.2) is 0 Å². The highest BCUT2D eigenvalue weighted by Gasteiger charge is 2.16. The molecule has 0 aliphatic rings. The molecule has 0 aliphatic carbocycles. The van der Waals surface area contributed by atoms with Gasteiger partial charge in [-0.15, -0.1) is 0 Å². The van der Waals surface area contributed by atoms with E-state index in [4.69, 9.17) is 4.74 Å². The Balaban J connectivity index is 2.48. The van der Waals surface area contributed by atoms with E-state index in [1.165, 1.54) is 22.3 Å². The van der Waals surface area contributed by atoms with Crippen LogP contribution in [0.4, 0.5) is 0 Å². The second kappa shape index (κ2) is 7.10. The van der Waals surface area contributed by atoms with Gasteiger partial charge in [-0.1, -0.05) is 47.1 Å². The fraction of sp³-hybridized carbons (Fsp3) is 0.333. The van der Waals surface area contributed by atoms with E-state index in [0.717, 1.165) is 16.8 Å². The Morgan fingerprint density at radius 1 is 1.10 bits per heavy atom. The van der Waals surface area contributed by atoms with Crippen LogP contribution in [-0.2, 0) is 0 Å². The molecule has 0 spiro atoms. The first-order chi connectivity index (χ1) is 10.1. The number of methoxy groups -OCH3 is 1. The molecule has 0 amide bonds. The van der Waals surface area contributed by atoms with E-state index in [1.54, 1.807) is 7.11 Å². The van der Waals surface area contributed by atoms with Gasteiger partial charge >= 0.3 is 0 Å². The van der Waals surface area contributed by atoms with Crippen molar-refractivity contribution in [3.05, 3.63) is 63.1 Å². The summed E-state index contributed by atoms with van der Waals surface area (Å²) < 4.78 is 6.57. The molecule has 0 fully saturated rings. The maximum Gasteiger partial charge on any atom is 0.124 e. The summed E-state index contributed by atoms with van der Waals surface area (Å²) in [6.45, 7) is 7.24. The largest absolute Gasteiger partial charge is 0.496 e. The number of benzene rings is 2. The fourth-order valence-electron chi connectivity index (χ4n) is 2.79. The Kier molecular flexibility index (Phi) is 5.43. The van der Waals surface area contributed by atoms with Crippen molar-refractivity contribution < 1.29 is 4.74 Å². The van der Waals surface area contributed by atoms with Crippen LogP contribution in [0.1, 0.15) is 35.2 Å². The maximum absolute atomic E-state index is 5.47. The monoisotopic (exact) mass is 347 g/mol. The predicted molar refractivity (Wildman–Crippen MR) is 92.1 cm³/mol. The average Bonchev–Trinajstić information content (AvgIpc) is 2.44. The van der Waals surface area contributed by atoms with Crippen molar-refractivity contribution in [2.75, 3.05) is 13.7 Å². The molecular weight excluding hydrogens is 326 g/mol. The average molecular weight is 348 g/mol. The quantitative estimate of drug-likeness (QED) is 0.840. The third-order valence-electron chi connectivity index (χ3n) is 3.61. The summed E-state index contributed by atoms with van der Waals surface area (Å²) in [5, 5.41) is 3.57. The minimum atomic E-state index is 0.191. The minimum absolute atomic E-state index is 0.191. The van der Waals surface area contributed by atoms with Crippen LogP contribution in [0.2, 0.25) is 0 Å². The molecule has 1 atom stereocenters. The summed E-state index contributed by atoms with van der Waals surface area (Å²) in [7, 11) is 1.73. The van der Waals surface area contributed by atoms with E-state index in [-0.39, 0.29) is 6.04 Å². The zero-order chi connectivity index (χ0) is 15.4. The highest BCUT2D eigenvalue weighted by Crippen LogP contribution is 2.31. The molecule has 112 valence electrons. The van der Waals surface area contributed by atoms with Crippen molar-refractivity contribution >= 4 is 15.9 Å². The first-order valence-electron chi connectivity index (χ1n) is 7.20. The van der Waals surface area contributed by atoms with E-state index in [1.807, 2.05) is 0 Å². The SMILES string of the molecule is CCNC(c1cccc(Br)c1)c1cc(C)c(OC)c(C)c1. The lowest BCUT2D eigenvalue weighted by Gasteiger charge is -2.21. The van der Waals surface area contributed by atoms with Gasteiger partial charge in [0.05, 0.1) is 13.2 Å². The van der Waals surface area contributed by atoms with E-state index in [2.05, 4.69) is 78.4 Å². The van der Waals surface area contributed by atoms with Gasteiger partial charge in [-0.2, -0.15) is 0 Å². The molecule has 0 saturated heterocycles. The number of nitrogens with one attached hydrogen (secondary N) is 1. The highest BCUT2D eigenvalue weighted by atomic mass is 79.9. The lowest BCUT2D eigenvalue weighted by atomic mass is 9.95. The van der Waals surface area contributed by atoms with Gasteiger partial charge in [-0.25, -0.2) is 0 Å². The van der Waals surface area contributed by atoms with Crippen molar-refractivity contribution in [1.29, 1.82) is 0 Å². The summed E-state index contributed by atoms with van der Waals surface area (Å²) in [5.41, 5.74) is 4.87. The number of hydrogen-bond acceptors (Lipinski definition) is 2. The Morgan fingerprint density at radius 2 is 1.76 bits per heavy atom. The van der Waals surface area contributed by atoms with E-state index in [9.17, 15) is 0 Å². The summed E-state index contributed by atoms with van der Waals surface area (Å²) >= 11 is 3.56. The lowest BCUT2D eigenvalue weighted by molar-refractivity contribution is 0.408. The molecule has 2 nitrogen and oxygen atoms in total. The number of ether oxygens (including phenoxy) is 1. The van der Waals surface area contributed by atoms with Crippen LogP contribution in [0.3, 0.4) is 0 Å². The molecule has 0 bridgehead atoms. The van der Waals surface area contributed by atoms with Crippen molar-refractivity contribution in [3.63, 3.8) is 0 Å². The van der Waals surface area contributed by atoms with Crippen LogP contribution in [0, 0.1) is 13.8 Å². The smallest absolute Gasteiger partial charge is 0.124 e. The number of halogens is 1. The van der Waals surface area contributed by atoms with Crippen molar-refractivity contribution in [1.82, 2.24) is 5.32 Å². The topological polar surface area (TPSA) is 21.3 Å². The molecule has 0 heterocycles. The highest BCUT2D eigenvalue weighted by molar-refractivity contribution is 9.10. The van der Waals surface area contributed by atoms with E-state index < -0.39 is 0 Å². The van der Waals surface area contributed by atoms with Crippen LogP contribution in [0.25, 0.3) is 0 Å². The molecule has 0 aromatic heterocycles. The third-order valence-corrected chi connectivity index (χ3v) is 4.10. The van der Waals surface area contributed by atoms with Gasteiger partial charge in [0, 0.05) is 4.47 Å². The second-order valence-corrected chi connectivity index (χ2v) is 6.15. The second-order valence-electron chi connectivity index (χ2n) is 5.23. The number of aryl methyl sites for hydroxylation is 2. The van der Waals surface area contributed by atoms with Crippen LogP contribution < -0.4 is 10.1 Å². The van der Waals surface area contributed by atoms with Gasteiger partial charge < -0.3 is 10.1 Å². The summed E-state index contributed by atoms with van der Waals surface area (Å²) in [6, 6.07) is 13.1. The van der Waals surface area contributed by atoms with Gasteiger partial charge in [0.1, 0.15) is 5.75 Å². The molecule has 0 radical (unpaired) electrons. The van der Waals surface area contributed by atoms with Crippen LogP contribution in [0.5, 0.6) is 5.75 Å². The summed E-state index contributed by atoms with van der Waals surface area (Å²) in [6.07, 6.45) is 0. The molecule has 0 aliphatic heterocycles. The van der Waals surface area contributed by atoms with Gasteiger partial charge in [-0.3, -0.25) is 0 Å². The fourth-order valence-corrected chi connectivity index (χ4v) is 3.21. The summed E-state index contributed by atoms with van der Waals surface area (Å²) in [4.78, 5) is 0. The van der Waals surface area contributed by atoms with Gasteiger partial charge in [-0.05, 0) is 54.8 Å². The van der Waals surface area contributed by atoms with Crippen LogP contribution in [0.15, 0.2) is 40.9 Å². The molecule has 1 unspecified atom stereocenters. The zero-order valence-electron chi connectivity index (χ0n) is 13.0. The number of hydrogen-bond donors (Lipinski definition) is 1. The van der Waals surface area contributed by atoms with E-state index in [0.29, 0.717) is 0 Å². The van der Waals surface area contributed by atoms with E-state index >= 15 is 0 Å². The van der Waals surface area contributed by atoms with Crippen molar-refractivity contribution in [3.8, 4) is 5.75 Å². The first-order valence-corrected chi connectivity index (χ1v) is 8.00. The number of rotatable bonds is 5. The standard InChI is InChI=1S/C18H22BrNO/c1-5-20-17(14-7-6-8-16(19)11-14)15-9-12(2)18(21-4)13(3)10-15/h6-11,17,20H,5H2,1-4H3.